The van der Waals surface area contributed by atoms with E-state index in [4.69, 9.17) is 9.84 Å². The maximum atomic E-state index is 13.4. The first-order valence-electron chi connectivity index (χ1n) is 5.27. The SMILES string of the molecule is OCc1ccc(OCCn2ccnc2)c(F)c1. The highest BCUT2D eigenvalue weighted by Gasteiger charge is 2.04. The normalized spacial score (nSPS) is 10.5. The van der Waals surface area contributed by atoms with Gasteiger partial charge < -0.3 is 14.4 Å². The Labute approximate surface area is 98.3 Å². The minimum absolute atomic E-state index is 0.174. The molecule has 0 fully saturated rings. The molecule has 0 aliphatic rings. The molecule has 1 heterocycles. The molecule has 0 aliphatic heterocycles. The molecular formula is C12H13FN2O2. The minimum atomic E-state index is -0.456. The van der Waals surface area contributed by atoms with Gasteiger partial charge in [-0.05, 0) is 17.7 Å². The van der Waals surface area contributed by atoms with Crippen molar-refractivity contribution in [2.24, 2.45) is 0 Å². The molecule has 0 amide bonds. The van der Waals surface area contributed by atoms with Crippen LogP contribution in [0.5, 0.6) is 5.75 Å². The number of benzene rings is 1. The van der Waals surface area contributed by atoms with Crippen LogP contribution < -0.4 is 4.74 Å². The molecule has 0 bridgehead atoms. The number of nitrogens with zero attached hydrogens (tertiary/aromatic N) is 2. The number of halogens is 1. The summed E-state index contributed by atoms with van der Waals surface area (Å²) in [7, 11) is 0. The van der Waals surface area contributed by atoms with Gasteiger partial charge in [0.2, 0.25) is 0 Å². The summed E-state index contributed by atoms with van der Waals surface area (Å²) in [6.07, 6.45) is 5.17. The zero-order chi connectivity index (χ0) is 12.1. The van der Waals surface area contributed by atoms with E-state index in [0.717, 1.165) is 0 Å². The Kier molecular flexibility index (Phi) is 3.72. The summed E-state index contributed by atoms with van der Waals surface area (Å²) in [5, 5.41) is 8.84. The van der Waals surface area contributed by atoms with Gasteiger partial charge in [0, 0.05) is 12.4 Å². The fraction of sp³-hybridized carbons (Fsp3) is 0.250. The molecule has 2 aromatic rings. The van der Waals surface area contributed by atoms with Crippen molar-refractivity contribution < 1.29 is 14.2 Å². The van der Waals surface area contributed by atoms with Crippen LogP contribution in [0.1, 0.15) is 5.56 Å². The summed E-state index contributed by atoms with van der Waals surface area (Å²) in [6.45, 7) is 0.805. The Bertz CT molecular complexity index is 471. The van der Waals surface area contributed by atoms with Crippen LogP contribution in [0.2, 0.25) is 0 Å². The summed E-state index contributed by atoms with van der Waals surface area (Å²) >= 11 is 0. The van der Waals surface area contributed by atoms with Gasteiger partial charge in [-0.1, -0.05) is 6.07 Å². The quantitative estimate of drug-likeness (QED) is 0.857. The van der Waals surface area contributed by atoms with Gasteiger partial charge in [0.1, 0.15) is 6.61 Å². The van der Waals surface area contributed by atoms with E-state index in [2.05, 4.69) is 4.98 Å². The molecule has 17 heavy (non-hydrogen) atoms. The van der Waals surface area contributed by atoms with Crippen molar-refractivity contribution in [2.75, 3.05) is 6.61 Å². The molecule has 90 valence electrons. The lowest BCUT2D eigenvalue weighted by Crippen LogP contribution is -2.07. The monoisotopic (exact) mass is 236 g/mol. The van der Waals surface area contributed by atoms with Gasteiger partial charge in [-0.15, -0.1) is 0 Å². The van der Waals surface area contributed by atoms with Gasteiger partial charge in [-0.3, -0.25) is 0 Å². The molecule has 0 aliphatic carbocycles. The van der Waals surface area contributed by atoms with E-state index in [-0.39, 0.29) is 12.4 Å². The summed E-state index contributed by atoms with van der Waals surface area (Å²) in [4.78, 5) is 3.89. The van der Waals surface area contributed by atoms with Gasteiger partial charge in [-0.2, -0.15) is 0 Å². The van der Waals surface area contributed by atoms with Crippen LogP contribution in [0.25, 0.3) is 0 Å². The van der Waals surface area contributed by atoms with E-state index in [0.29, 0.717) is 18.7 Å². The van der Waals surface area contributed by atoms with Gasteiger partial charge in [0.15, 0.2) is 11.6 Å². The van der Waals surface area contributed by atoms with E-state index < -0.39 is 5.82 Å². The molecule has 1 aromatic heterocycles. The van der Waals surface area contributed by atoms with Crippen LogP contribution in [-0.2, 0) is 13.2 Å². The van der Waals surface area contributed by atoms with Gasteiger partial charge >= 0.3 is 0 Å². The standard InChI is InChI=1S/C12H13FN2O2/c13-11-7-10(8-16)1-2-12(11)17-6-5-15-4-3-14-9-15/h1-4,7,9,16H,5-6,8H2. The third kappa shape index (κ3) is 3.04. The Morgan fingerprint density at radius 2 is 2.29 bits per heavy atom. The molecule has 1 aromatic carbocycles. The number of aromatic nitrogens is 2. The number of aliphatic hydroxyl groups is 1. The zero-order valence-electron chi connectivity index (χ0n) is 9.21. The predicted molar refractivity (Wildman–Crippen MR) is 60.0 cm³/mol. The smallest absolute Gasteiger partial charge is 0.165 e. The topological polar surface area (TPSA) is 47.3 Å². The Balaban J connectivity index is 1.90. The second-order valence-corrected chi connectivity index (χ2v) is 3.57. The first kappa shape index (κ1) is 11.6. The van der Waals surface area contributed by atoms with Gasteiger partial charge in [-0.25, -0.2) is 9.37 Å². The second kappa shape index (κ2) is 5.45. The van der Waals surface area contributed by atoms with Crippen LogP contribution >= 0.6 is 0 Å². The van der Waals surface area contributed by atoms with Crippen molar-refractivity contribution in [3.8, 4) is 5.75 Å². The van der Waals surface area contributed by atoms with Crippen LogP contribution in [0.3, 0.4) is 0 Å². The summed E-state index contributed by atoms with van der Waals surface area (Å²) < 4.78 is 20.6. The van der Waals surface area contributed by atoms with Crippen molar-refractivity contribution in [3.05, 3.63) is 48.3 Å². The lowest BCUT2D eigenvalue weighted by Gasteiger charge is -2.08. The van der Waals surface area contributed by atoms with Gasteiger partial charge in [0.05, 0.1) is 19.5 Å². The minimum Gasteiger partial charge on any atom is -0.489 e. The van der Waals surface area contributed by atoms with Crippen molar-refractivity contribution in [2.45, 2.75) is 13.2 Å². The van der Waals surface area contributed by atoms with E-state index in [1.807, 2.05) is 10.8 Å². The van der Waals surface area contributed by atoms with Crippen LogP contribution in [0.15, 0.2) is 36.9 Å². The van der Waals surface area contributed by atoms with Gasteiger partial charge in [0.25, 0.3) is 0 Å². The number of aliphatic hydroxyl groups excluding tert-OH is 1. The highest BCUT2D eigenvalue weighted by Crippen LogP contribution is 2.18. The van der Waals surface area contributed by atoms with Crippen LogP contribution in [0, 0.1) is 5.82 Å². The van der Waals surface area contributed by atoms with E-state index in [9.17, 15) is 4.39 Å². The molecule has 1 N–H and O–H groups in total. The van der Waals surface area contributed by atoms with Crippen molar-refractivity contribution >= 4 is 0 Å². The first-order chi connectivity index (χ1) is 8.29. The van der Waals surface area contributed by atoms with E-state index in [1.165, 1.54) is 12.1 Å². The third-order valence-corrected chi connectivity index (χ3v) is 2.35. The van der Waals surface area contributed by atoms with Crippen molar-refractivity contribution in [3.63, 3.8) is 0 Å². The average molecular weight is 236 g/mol. The lowest BCUT2D eigenvalue weighted by atomic mass is 10.2. The Hall–Kier alpha value is -1.88. The van der Waals surface area contributed by atoms with Crippen LogP contribution in [0.4, 0.5) is 4.39 Å². The maximum absolute atomic E-state index is 13.4. The number of rotatable bonds is 5. The number of ether oxygens (including phenoxy) is 1. The number of imidazole rings is 1. The molecule has 2 rings (SSSR count). The van der Waals surface area contributed by atoms with E-state index in [1.54, 1.807) is 18.6 Å². The molecule has 5 heteroatoms. The molecule has 0 saturated carbocycles. The summed E-state index contributed by atoms with van der Waals surface area (Å²) in [5.74, 6) is -0.260. The first-order valence-corrected chi connectivity index (χ1v) is 5.27. The summed E-state index contributed by atoms with van der Waals surface area (Å²) in [5.41, 5.74) is 0.532. The van der Waals surface area contributed by atoms with E-state index >= 15 is 0 Å². The Morgan fingerprint density at radius 3 is 2.94 bits per heavy atom. The molecule has 0 radical (unpaired) electrons. The fourth-order valence-corrected chi connectivity index (χ4v) is 1.44. The molecule has 0 spiro atoms. The fourth-order valence-electron chi connectivity index (χ4n) is 1.44. The second-order valence-electron chi connectivity index (χ2n) is 3.57. The highest BCUT2D eigenvalue weighted by atomic mass is 19.1. The third-order valence-electron chi connectivity index (χ3n) is 2.35. The molecule has 4 nitrogen and oxygen atoms in total. The summed E-state index contributed by atoms with van der Waals surface area (Å²) in [6, 6.07) is 4.43. The molecular weight excluding hydrogens is 223 g/mol. The number of hydrogen-bond acceptors (Lipinski definition) is 3. The molecule has 0 unspecified atom stereocenters. The Morgan fingerprint density at radius 1 is 1.41 bits per heavy atom. The lowest BCUT2D eigenvalue weighted by molar-refractivity contribution is 0.275. The largest absolute Gasteiger partial charge is 0.489 e. The van der Waals surface area contributed by atoms with Crippen molar-refractivity contribution in [1.82, 2.24) is 9.55 Å². The predicted octanol–water partition coefficient (Wildman–Crippen LogP) is 1.59. The number of hydrogen-bond donors (Lipinski definition) is 1. The zero-order valence-corrected chi connectivity index (χ0v) is 9.21. The van der Waals surface area contributed by atoms with Crippen molar-refractivity contribution in [1.29, 1.82) is 0 Å². The molecule has 0 atom stereocenters. The van der Waals surface area contributed by atoms with Crippen LogP contribution in [-0.4, -0.2) is 21.3 Å². The molecule has 0 saturated heterocycles. The highest BCUT2D eigenvalue weighted by molar-refractivity contribution is 5.28. The maximum Gasteiger partial charge on any atom is 0.165 e. The average Bonchev–Trinajstić information content (AvgIpc) is 2.84.